The third kappa shape index (κ3) is 3.96. The number of anilines is 1. The number of nitrogens with one attached hydrogen (secondary N) is 1. The Hall–Kier alpha value is -2.62. The van der Waals surface area contributed by atoms with Crippen LogP contribution in [0.1, 0.15) is 18.5 Å². The number of halogens is 3. The molecule has 2 aromatic heterocycles. The number of amides is 1. The summed E-state index contributed by atoms with van der Waals surface area (Å²) in [6.07, 6.45) is -4.68. The maximum Gasteiger partial charge on any atom is 0.451 e. The van der Waals surface area contributed by atoms with Gasteiger partial charge in [-0.15, -0.1) is 0 Å². The lowest BCUT2D eigenvalue weighted by atomic mass is 10.2. The fraction of sp³-hybridized carbons (Fsp3) is 0.250. The number of rotatable bonds is 4. The molecule has 26 heavy (non-hydrogen) atoms. The third-order valence-electron chi connectivity index (χ3n) is 3.36. The third-order valence-corrected chi connectivity index (χ3v) is 4.46. The van der Waals surface area contributed by atoms with Gasteiger partial charge in [0.25, 0.3) is 0 Å². The van der Waals surface area contributed by atoms with Crippen LogP contribution in [0.15, 0.2) is 39.9 Å². The highest BCUT2D eigenvalue weighted by atomic mass is 32.2. The molecular weight excluding hydrogens is 369 g/mol. The van der Waals surface area contributed by atoms with Crippen molar-refractivity contribution < 1.29 is 22.5 Å². The second-order valence-corrected chi connectivity index (χ2v) is 6.77. The molecule has 0 aliphatic heterocycles. The van der Waals surface area contributed by atoms with Gasteiger partial charge in [0.05, 0.1) is 10.8 Å². The van der Waals surface area contributed by atoms with Gasteiger partial charge in [-0.25, -0.2) is 9.97 Å². The Morgan fingerprint density at radius 3 is 2.65 bits per heavy atom. The Labute approximate surface area is 150 Å². The van der Waals surface area contributed by atoms with Crippen LogP contribution in [0.3, 0.4) is 0 Å². The summed E-state index contributed by atoms with van der Waals surface area (Å²) in [5.41, 5.74) is 0.164. The molecule has 136 valence electrons. The average Bonchev–Trinajstić information content (AvgIpc) is 2.98. The van der Waals surface area contributed by atoms with Crippen molar-refractivity contribution in [3.63, 3.8) is 0 Å². The van der Waals surface area contributed by atoms with Gasteiger partial charge in [0.2, 0.25) is 11.7 Å². The maximum absolute atomic E-state index is 13.0. The van der Waals surface area contributed by atoms with Crippen molar-refractivity contribution in [3.8, 4) is 0 Å². The minimum atomic E-state index is -4.68. The predicted octanol–water partition coefficient (Wildman–Crippen LogP) is 4.06. The SMILES string of the molecule is Cc1cc(NC(=O)C(C)Sc2nc(C(F)(F)F)nc3ccccc23)no1. The van der Waals surface area contributed by atoms with Crippen molar-refractivity contribution in [2.24, 2.45) is 0 Å². The summed E-state index contributed by atoms with van der Waals surface area (Å²) in [5, 5.41) is 6.01. The Bertz CT molecular complexity index is 958. The second-order valence-electron chi connectivity index (χ2n) is 5.44. The number of para-hydroxylation sites is 1. The molecule has 1 atom stereocenters. The van der Waals surface area contributed by atoms with Crippen LogP contribution in [0.2, 0.25) is 0 Å². The Kier molecular flexibility index (Phi) is 4.86. The van der Waals surface area contributed by atoms with Crippen LogP contribution < -0.4 is 5.32 Å². The molecule has 0 radical (unpaired) electrons. The number of aromatic nitrogens is 3. The van der Waals surface area contributed by atoms with Crippen molar-refractivity contribution in [1.29, 1.82) is 0 Å². The van der Waals surface area contributed by atoms with Crippen LogP contribution in [0.5, 0.6) is 0 Å². The molecule has 0 aliphatic rings. The van der Waals surface area contributed by atoms with Crippen LogP contribution in [0.25, 0.3) is 10.9 Å². The molecule has 0 spiro atoms. The number of carbonyl (C=O) groups excluding carboxylic acids is 1. The Morgan fingerprint density at radius 1 is 1.27 bits per heavy atom. The standard InChI is InChI=1S/C16H13F3N4O2S/c1-8-7-12(23-25-8)21-13(24)9(2)26-14-10-5-3-4-6-11(10)20-15(22-14)16(17,18)19/h3-7,9H,1-2H3,(H,21,23,24). The molecule has 6 nitrogen and oxygen atoms in total. The van der Waals surface area contributed by atoms with Crippen molar-refractivity contribution in [2.75, 3.05) is 5.32 Å². The number of benzene rings is 1. The maximum atomic E-state index is 13.0. The van der Waals surface area contributed by atoms with E-state index >= 15 is 0 Å². The van der Waals surface area contributed by atoms with E-state index in [1.54, 1.807) is 32.0 Å². The number of carbonyl (C=O) groups is 1. The minimum absolute atomic E-state index is 0.0851. The number of hydrogen-bond donors (Lipinski definition) is 1. The first-order chi connectivity index (χ1) is 12.2. The largest absolute Gasteiger partial charge is 0.451 e. The highest BCUT2D eigenvalue weighted by molar-refractivity contribution is 8.00. The van der Waals surface area contributed by atoms with Crippen molar-refractivity contribution >= 4 is 34.4 Å². The smallest absolute Gasteiger partial charge is 0.360 e. The van der Waals surface area contributed by atoms with Gasteiger partial charge in [-0.1, -0.05) is 35.1 Å². The van der Waals surface area contributed by atoms with E-state index in [2.05, 4.69) is 20.4 Å². The van der Waals surface area contributed by atoms with Gasteiger partial charge in [0.1, 0.15) is 10.8 Å². The first-order valence-corrected chi connectivity index (χ1v) is 8.37. The summed E-state index contributed by atoms with van der Waals surface area (Å²) in [6.45, 7) is 3.24. The van der Waals surface area contributed by atoms with E-state index in [0.29, 0.717) is 11.1 Å². The Balaban J connectivity index is 1.88. The van der Waals surface area contributed by atoms with Gasteiger partial charge < -0.3 is 9.84 Å². The highest BCUT2D eigenvalue weighted by Gasteiger charge is 2.36. The minimum Gasteiger partial charge on any atom is -0.360 e. The van der Waals surface area contributed by atoms with Crippen molar-refractivity contribution in [3.05, 3.63) is 41.9 Å². The molecule has 2 heterocycles. The van der Waals surface area contributed by atoms with E-state index < -0.39 is 23.2 Å². The highest BCUT2D eigenvalue weighted by Crippen LogP contribution is 2.33. The van der Waals surface area contributed by atoms with E-state index in [1.807, 2.05) is 0 Å². The van der Waals surface area contributed by atoms with Gasteiger partial charge in [-0.05, 0) is 19.9 Å². The zero-order valence-electron chi connectivity index (χ0n) is 13.7. The quantitative estimate of drug-likeness (QED) is 0.541. The number of nitrogens with zero attached hydrogens (tertiary/aromatic N) is 3. The monoisotopic (exact) mass is 382 g/mol. The average molecular weight is 382 g/mol. The summed E-state index contributed by atoms with van der Waals surface area (Å²) in [6, 6.07) is 7.89. The fourth-order valence-corrected chi connectivity index (χ4v) is 3.08. The Morgan fingerprint density at radius 2 is 2.00 bits per heavy atom. The van der Waals surface area contributed by atoms with Crippen LogP contribution in [-0.4, -0.2) is 26.3 Å². The normalized spacial score (nSPS) is 13.0. The van der Waals surface area contributed by atoms with E-state index in [0.717, 1.165) is 11.8 Å². The van der Waals surface area contributed by atoms with Gasteiger partial charge in [-0.3, -0.25) is 4.79 Å². The van der Waals surface area contributed by atoms with Gasteiger partial charge in [0.15, 0.2) is 5.82 Å². The fourth-order valence-electron chi connectivity index (χ4n) is 2.14. The van der Waals surface area contributed by atoms with Gasteiger partial charge in [-0.2, -0.15) is 13.2 Å². The topological polar surface area (TPSA) is 80.9 Å². The number of fused-ring (bicyclic) bond motifs is 1. The van der Waals surface area contributed by atoms with E-state index in [-0.39, 0.29) is 16.4 Å². The zero-order valence-corrected chi connectivity index (χ0v) is 14.5. The number of thioether (sulfide) groups is 1. The lowest BCUT2D eigenvalue weighted by molar-refractivity contribution is -0.145. The summed E-state index contributed by atoms with van der Waals surface area (Å²) in [5.74, 6) is -0.904. The molecule has 0 saturated carbocycles. The zero-order chi connectivity index (χ0) is 18.9. The first-order valence-electron chi connectivity index (χ1n) is 7.49. The van der Waals surface area contributed by atoms with E-state index in [4.69, 9.17) is 4.52 Å². The molecule has 3 rings (SSSR count). The van der Waals surface area contributed by atoms with Gasteiger partial charge in [0, 0.05) is 11.5 Å². The van der Waals surface area contributed by atoms with E-state index in [1.165, 1.54) is 12.1 Å². The number of alkyl halides is 3. The second kappa shape index (κ2) is 6.94. The molecule has 1 unspecified atom stereocenters. The lowest BCUT2D eigenvalue weighted by Crippen LogP contribution is -2.23. The molecule has 0 fully saturated rings. The first kappa shape index (κ1) is 18.2. The van der Waals surface area contributed by atoms with Gasteiger partial charge >= 0.3 is 6.18 Å². The molecule has 3 aromatic rings. The molecular formula is C16H13F3N4O2S. The summed E-state index contributed by atoms with van der Waals surface area (Å²) >= 11 is 0.916. The number of aryl methyl sites for hydroxylation is 1. The van der Waals surface area contributed by atoms with Crippen molar-refractivity contribution in [2.45, 2.75) is 30.3 Å². The predicted molar refractivity (Wildman–Crippen MR) is 89.7 cm³/mol. The van der Waals surface area contributed by atoms with Crippen LogP contribution in [0, 0.1) is 6.92 Å². The lowest BCUT2D eigenvalue weighted by Gasteiger charge is -2.13. The molecule has 1 aromatic carbocycles. The molecule has 0 aliphatic carbocycles. The summed E-state index contributed by atoms with van der Waals surface area (Å²) < 4.78 is 44.0. The molecule has 10 heteroatoms. The van der Waals surface area contributed by atoms with E-state index in [9.17, 15) is 18.0 Å². The summed E-state index contributed by atoms with van der Waals surface area (Å²) in [7, 11) is 0. The van der Waals surface area contributed by atoms with Crippen molar-refractivity contribution in [1.82, 2.24) is 15.1 Å². The molecule has 1 N–H and O–H groups in total. The van der Waals surface area contributed by atoms with Crippen LogP contribution >= 0.6 is 11.8 Å². The van der Waals surface area contributed by atoms with Crippen LogP contribution in [0.4, 0.5) is 19.0 Å². The molecule has 0 bridgehead atoms. The summed E-state index contributed by atoms with van der Waals surface area (Å²) in [4.78, 5) is 19.4. The molecule has 1 amide bonds. The van der Waals surface area contributed by atoms with Crippen LogP contribution in [-0.2, 0) is 11.0 Å². The number of hydrogen-bond acceptors (Lipinski definition) is 6. The molecule has 0 saturated heterocycles.